The molecule has 0 bridgehead atoms. The van der Waals surface area contributed by atoms with Crippen molar-refractivity contribution in [3.8, 4) is 5.75 Å². The minimum Gasteiger partial charge on any atom is -0.496 e. The maximum Gasteiger partial charge on any atom is 0.331 e. The molecule has 1 heterocycles. The molecule has 0 radical (unpaired) electrons. The third-order valence-corrected chi connectivity index (χ3v) is 3.18. The number of carbonyl (C=O) groups excluding carboxylic acids is 3. The van der Waals surface area contributed by atoms with Crippen molar-refractivity contribution in [2.45, 2.75) is 6.92 Å². The number of hydrogen-bond acceptors (Lipinski definition) is 4. The van der Waals surface area contributed by atoms with E-state index in [9.17, 15) is 14.4 Å². The number of barbiturate groups is 1. The second-order valence-electron chi connectivity index (χ2n) is 4.49. The molecular formula is C16H16N2O4. The molecule has 0 aromatic heterocycles. The average molecular weight is 300 g/mol. The average Bonchev–Trinajstić information content (AvgIpc) is 2.51. The largest absolute Gasteiger partial charge is 0.496 e. The van der Waals surface area contributed by atoms with Crippen LogP contribution in [0.3, 0.4) is 0 Å². The number of imide groups is 2. The molecule has 6 nitrogen and oxygen atoms in total. The first-order valence-electron chi connectivity index (χ1n) is 6.77. The van der Waals surface area contributed by atoms with Gasteiger partial charge in [-0.3, -0.25) is 19.8 Å². The highest BCUT2D eigenvalue weighted by atomic mass is 16.5. The lowest BCUT2D eigenvalue weighted by Gasteiger charge is -2.24. The maximum absolute atomic E-state index is 12.1. The van der Waals surface area contributed by atoms with E-state index in [0.717, 1.165) is 10.5 Å². The van der Waals surface area contributed by atoms with Crippen LogP contribution in [0.2, 0.25) is 0 Å². The van der Waals surface area contributed by atoms with Crippen molar-refractivity contribution in [3.63, 3.8) is 0 Å². The van der Waals surface area contributed by atoms with Crippen LogP contribution in [-0.4, -0.2) is 36.4 Å². The van der Waals surface area contributed by atoms with Crippen LogP contribution in [0.15, 0.2) is 42.0 Å². The fraction of sp³-hybridized carbons (Fsp3) is 0.188. The summed E-state index contributed by atoms with van der Waals surface area (Å²) in [6, 6.07) is 6.66. The predicted molar refractivity (Wildman–Crippen MR) is 81.0 cm³/mol. The van der Waals surface area contributed by atoms with Crippen molar-refractivity contribution in [3.05, 3.63) is 47.6 Å². The second kappa shape index (κ2) is 6.71. The fourth-order valence-electron chi connectivity index (χ4n) is 2.05. The Morgan fingerprint density at radius 1 is 1.23 bits per heavy atom. The molecule has 0 saturated carbocycles. The van der Waals surface area contributed by atoms with Gasteiger partial charge in [-0.25, -0.2) is 4.79 Å². The smallest absolute Gasteiger partial charge is 0.331 e. The number of urea groups is 1. The van der Waals surface area contributed by atoms with Gasteiger partial charge < -0.3 is 4.74 Å². The van der Waals surface area contributed by atoms with Crippen molar-refractivity contribution in [2.24, 2.45) is 0 Å². The number of nitrogens with one attached hydrogen (secondary N) is 1. The molecule has 114 valence electrons. The summed E-state index contributed by atoms with van der Waals surface area (Å²) in [5.41, 5.74) is 0.738. The van der Waals surface area contributed by atoms with Gasteiger partial charge in [-0.15, -0.1) is 0 Å². The molecule has 1 saturated heterocycles. The molecule has 2 rings (SSSR count). The number of amides is 4. The molecule has 1 fully saturated rings. The minimum atomic E-state index is -0.691. The topological polar surface area (TPSA) is 75.7 Å². The van der Waals surface area contributed by atoms with E-state index in [1.165, 1.54) is 6.08 Å². The van der Waals surface area contributed by atoms with Crippen molar-refractivity contribution in [1.29, 1.82) is 0 Å². The van der Waals surface area contributed by atoms with Crippen molar-refractivity contribution < 1.29 is 19.1 Å². The number of allylic oxidation sites excluding steroid dienone is 2. The molecule has 22 heavy (non-hydrogen) atoms. The Kier molecular flexibility index (Phi) is 4.73. The van der Waals surface area contributed by atoms with Crippen molar-refractivity contribution in [1.82, 2.24) is 10.2 Å². The van der Waals surface area contributed by atoms with Crippen LogP contribution >= 0.6 is 0 Å². The highest BCUT2D eigenvalue weighted by molar-refractivity contribution is 6.28. The second-order valence-corrected chi connectivity index (χ2v) is 4.49. The lowest BCUT2D eigenvalue weighted by molar-refractivity contribution is -0.130. The first-order chi connectivity index (χ1) is 10.6. The fourth-order valence-corrected chi connectivity index (χ4v) is 2.05. The van der Waals surface area contributed by atoms with E-state index in [1.807, 2.05) is 24.3 Å². The van der Waals surface area contributed by atoms with E-state index < -0.39 is 17.8 Å². The first-order valence-corrected chi connectivity index (χ1v) is 6.77. The molecule has 0 unspecified atom stereocenters. The lowest BCUT2D eigenvalue weighted by Crippen LogP contribution is -2.53. The molecule has 6 heteroatoms. The van der Waals surface area contributed by atoms with E-state index in [1.54, 1.807) is 26.2 Å². The lowest BCUT2D eigenvalue weighted by atomic mass is 10.1. The summed E-state index contributed by atoms with van der Waals surface area (Å²) in [6.45, 7) is 1.86. The van der Waals surface area contributed by atoms with E-state index in [2.05, 4.69) is 5.32 Å². The van der Waals surface area contributed by atoms with Crippen molar-refractivity contribution in [2.75, 3.05) is 13.7 Å². The monoisotopic (exact) mass is 300 g/mol. The Balaban J connectivity index is 2.25. The van der Waals surface area contributed by atoms with Gasteiger partial charge in [0.25, 0.3) is 11.8 Å². The Hall–Kier alpha value is -2.89. The standard InChI is InChI=1S/C16H16N2O4/c1-3-18-15(20)12(14(19)17-16(18)21)9-6-8-11-7-4-5-10-13(11)22-2/h4-10H,3H2,1-2H3,(H,17,19,21). The number of carbonyl (C=O) groups is 3. The Bertz CT molecular complexity index is 676. The molecular weight excluding hydrogens is 284 g/mol. The third-order valence-electron chi connectivity index (χ3n) is 3.18. The molecule has 1 N–H and O–H groups in total. The summed E-state index contributed by atoms with van der Waals surface area (Å²) >= 11 is 0. The third kappa shape index (κ3) is 3.06. The minimum absolute atomic E-state index is 0.0763. The summed E-state index contributed by atoms with van der Waals surface area (Å²) in [4.78, 5) is 36.3. The zero-order chi connectivity index (χ0) is 16.1. The number of hydrogen-bond donors (Lipinski definition) is 1. The predicted octanol–water partition coefficient (Wildman–Crippen LogP) is 1.73. The summed E-state index contributed by atoms with van der Waals surface area (Å²) < 4.78 is 5.21. The quantitative estimate of drug-likeness (QED) is 0.679. The molecule has 1 aromatic carbocycles. The number of likely N-dealkylation sites (N-methyl/N-ethyl adjacent to an activating group) is 1. The Labute approximate surface area is 128 Å². The van der Waals surface area contributed by atoms with Crippen LogP contribution in [-0.2, 0) is 9.59 Å². The zero-order valence-corrected chi connectivity index (χ0v) is 12.3. The van der Waals surface area contributed by atoms with Crippen LogP contribution in [0, 0.1) is 0 Å². The van der Waals surface area contributed by atoms with Gasteiger partial charge >= 0.3 is 6.03 Å². The Morgan fingerprint density at radius 2 is 1.95 bits per heavy atom. The van der Waals surface area contributed by atoms with Crippen molar-refractivity contribution >= 4 is 23.9 Å². The zero-order valence-electron chi connectivity index (χ0n) is 12.3. The molecule has 1 aliphatic rings. The summed E-state index contributed by atoms with van der Waals surface area (Å²) in [5, 5.41) is 2.13. The number of benzene rings is 1. The number of ether oxygens (including phenoxy) is 1. The van der Waals surface area contributed by atoms with E-state index in [4.69, 9.17) is 4.74 Å². The van der Waals surface area contributed by atoms with Gasteiger partial charge in [0.1, 0.15) is 11.3 Å². The van der Waals surface area contributed by atoms with Crippen LogP contribution in [0.1, 0.15) is 12.5 Å². The van der Waals surface area contributed by atoms with Crippen LogP contribution in [0.5, 0.6) is 5.75 Å². The van der Waals surface area contributed by atoms with E-state index in [-0.39, 0.29) is 12.1 Å². The van der Waals surface area contributed by atoms with Gasteiger partial charge in [-0.2, -0.15) is 0 Å². The first kappa shape index (κ1) is 15.5. The van der Waals surface area contributed by atoms with Crippen LogP contribution < -0.4 is 10.1 Å². The summed E-state index contributed by atoms with van der Waals surface area (Å²) in [6.07, 6.45) is 4.69. The molecule has 1 aromatic rings. The normalized spacial score (nSPS) is 17.3. The number of rotatable bonds is 4. The van der Waals surface area contributed by atoms with Crippen LogP contribution in [0.25, 0.3) is 6.08 Å². The molecule has 0 aliphatic carbocycles. The maximum atomic E-state index is 12.1. The summed E-state index contributed by atoms with van der Waals surface area (Å²) in [7, 11) is 1.56. The molecule has 0 spiro atoms. The number of para-hydroxylation sites is 1. The van der Waals surface area contributed by atoms with E-state index in [0.29, 0.717) is 5.75 Å². The van der Waals surface area contributed by atoms with Gasteiger partial charge in [0, 0.05) is 12.1 Å². The molecule has 0 atom stereocenters. The van der Waals surface area contributed by atoms with Gasteiger partial charge in [0.15, 0.2) is 0 Å². The van der Waals surface area contributed by atoms with Gasteiger partial charge in [0.2, 0.25) is 0 Å². The molecule has 4 amide bonds. The Morgan fingerprint density at radius 3 is 2.64 bits per heavy atom. The SMILES string of the molecule is CCN1C(=O)NC(=O)C(=CC=Cc2ccccc2OC)C1=O. The highest BCUT2D eigenvalue weighted by Gasteiger charge is 2.34. The summed E-state index contributed by atoms with van der Waals surface area (Å²) in [5.74, 6) is -0.604. The number of methoxy groups -OCH3 is 1. The van der Waals surface area contributed by atoms with Crippen LogP contribution in [0.4, 0.5) is 4.79 Å². The van der Waals surface area contributed by atoms with Gasteiger partial charge in [0.05, 0.1) is 7.11 Å². The van der Waals surface area contributed by atoms with Gasteiger partial charge in [-0.1, -0.05) is 30.4 Å². The van der Waals surface area contributed by atoms with E-state index >= 15 is 0 Å². The number of nitrogens with zero attached hydrogens (tertiary/aromatic N) is 1. The van der Waals surface area contributed by atoms with Gasteiger partial charge in [-0.05, 0) is 19.1 Å². The molecule has 1 aliphatic heterocycles. The highest BCUT2D eigenvalue weighted by Crippen LogP contribution is 2.19.